The summed E-state index contributed by atoms with van der Waals surface area (Å²) in [6, 6.07) is 0. The van der Waals surface area contributed by atoms with Crippen molar-refractivity contribution in [1.29, 1.82) is 0 Å². The summed E-state index contributed by atoms with van der Waals surface area (Å²) in [5.74, 6) is 0.873. The van der Waals surface area contributed by atoms with Crippen molar-refractivity contribution in [2.45, 2.75) is 110 Å². The molecule has 0 fully saturated rings. The third-order valence-electron chi connectivity index (χ3n) is 4.71. The van der Waals surface area contributed by atoms with E-state index < -0.39 is 0 Å². The normalized spacial score (nSPS) is 13.1. The largest absolute Gasteiger partial charge is 0.131 e. The van der Waals surface area contributed by atoms with Crippen LogP contribution in [0.3, 0.4) is 0 Å². The Morgan fingerprint density at radius 2 is 1.15 bits per heavy atom. The van der Waals surface area contributed by atoms with Crippen molar-refractivity contribution < 1.29 is 0 Å². The van der Waals surface area contributed by atoms with Crippen LogP contribution in [0.5, 0.6) is 0 Å². The molecule has 0 nitrogen and oxygen atoms in total. The second-order valence-electron chi connectivity index (χ2n) is 6.54. The molecule has 0 saturated heterocycles. The third-order valence-corrected chi connectivity index (χ3v) is 5.86. The van der Waals surface area contributed by atoms with Crippen LogP contribution in [0.15, 0.2) is 0 Å². The van der Waals surface area contributed by atoms with Gasteiger partial charge in [-0.2, -0.15) is 0 Å². The van der Waals surface area contributed by atoms with Crippen LogP contribution in [0.4, 0.5) is 0 Å². The van der Waals surface area contributed by atoms with Gasteiger partial charge in [-0.15, -0.1) is 26.2 Å². The molecule has 0 rings (SSSR count). The topological polar surface area (TPSA) is 0 Å². The smallest absolute Gasteiger partial charge is 0.0125 e. The Hall–Kier alpha value is 0.910. The molecule has 0 saturated carbocycles. The maximum atomic E-state index is 3.28. The van der Waals surface area contributed by atoms with E-state index >= 15 is 0 Å². The van der Waals surface area contributed by atoms with Crippen molar-refractivity contribution in [3.63, 3.8) is 0 Å². The number of rotatable bonds is 13. The molecule has 20 heavy (non-hydrogen) atoms. The van der Waals surface area contributed by atoms with E-state index in [9.17, 15) is 0 Å². The first-order valence-corrected chi connectivity index (χ1v) is 9.47. The highest BCUT2D eigenvalue weighted by Crippen LogP contribution is 2.41. The average Bonchev–Trinajstić information content (AvgIpc) is 2.39. The monoisotopic (exact) mass is 366 g/mol. The Balaban J connectivity index is 0. The zero-order chi connectivity index (χ0) is 14.6. The second-order valence-corrected chi connectivity index (χ2v) is 7.69. The molecule has 0 heterocycles. The molecule has 0 aromatic heterocycles. The van der Waals surface area contributed by atoms with Crippen molar-refractivity contribution in [3.8, 4) is 0 Å². The summed E-state index contributed by atoms with van der Waals surface area (Å²) < 4.78 is 0. The maximum Gasteiger partial charge on any atom is -0.0125 e. The lowest BCUT2D eigenvalue weighted by atomic mass is 9.81. The fourth-order valence-corrected chi connectivity index (χ4v) is 3.59. The first-order chi connectivity index (χ1) is 9.10. The Labute approximate surface area is 142 Å². The van der Waals surface area contributed by atoms with Gasteiger partial charge in [0, 0.05) is 0 Å². The molecule has 124 valence electrons. The van der Waals surface area contributed by atoms with Crippen molar-refractivity contribution in [3.05, 3.63) is 0 Å². The second kappa shape index (κ2) is 14.8. The van der Waals surface area contributed by atoms with Crippen molar-refractivity contribution in [2.24, 2.45) is 5.92 Å². The summed E-state index contributed by atoms with van der Waals surface area (Å²) in [6.07, 6.45) is 16.8. The van der Waals surface area contributed by atoms with E-state index in [-0.39, 0.29) is 17.0 Å². The van der Waals surface area contributed by atoms with Gasteiger partial charge in [0.05, 0.1) is 0 Å². The van der Waals surface area contributed by atoms with Crippen LogP contribution in [0.1, 0.15) is 105 Å². The highest BCUT2D eigenvalue weighted by Gasteiger charge is 2.29. The molecule has 0 aliphatic rings. The van der Waals surface area contributed by atoms with Crippen LogP contribution in [-0.2, 0) is 0 Å². The summed E-state index contributed by atoms with van der Waals surface area (Å²) in [5.41, 5.74) is 0. The summed E-state index contributed by atoms with van der Waals surface area (Å²) >= 11 is 0. The van der Waals surface area contributed by atoms with Crippen LogP contribution < -0.4 is 0 Å². The maximum absolute atomic E-state index is 3.28. The van der Waals surface area contributed by atoms with E-state index in [1.807, 2.05) is 0 Å². The highest BCUT2D eigenvalue weighted by atomic mass is 79.9. The Morgan fingerprint density at radius 1 is 0.750 bits per heavy atom. The number of hydrogen-bond acceptors (Lipinski definition) is 0. The van der Waals surface area contributed by atoms with Gasteiger partial charge in [-0.25, -0.2) is 0 Å². The molecule has 0 N–H and O–H groups in total. The molecule has 2 heteroatoms. The summed E-state index contributed by atoms with van der Waals surface area (Å²) in [5, 5.41) is 0.526. The fraction of sp³-hybridized carbons (Fsp3) is 1.00. The molecule has 0 bridgehead atoms. The molecule has 0 aromatic rings. The molecule has 0 aromatic carbocycles. The van der Waals surface area contributed by atoms with E-state index in [0.29, 0.717) is 5.16 Å². The molecular formula is C18H40BrP. The van der Waals surface area contributed by atoms with Gasteiger partial charge in [0.15, 0.2) is 0 Å². The predicted octanol–water partition coefficient (Wildman–Crippen LogP) is 7.56. The Bertz CT molecular complexity index is 184. The van der Waals surface area contributed by atoms with Gasteiger partial charge in [0.25, 0.3) is 0 Å². The predicted molar refractivity (Wildman–Crippen MR) is 104 cm³/mol. The Morgan fingerprint density at radius 3 is 1.55 bits per heavy atom. The van der Waals surface area contributed by atoms with Crippen LogP contribution in [0, 0.1) is 5.92 Å². The van der Waals surface area contributed by atoms with E-state index in [2.05, 4.69) is 36.9 Å². The van der Waals surface area contributed by atoms with Crippen LogP contribution in [0.25, 0.3) is 0 Å². The lowest BCUT2D eigenvalue weighted by Crippen LogP contribution is -2.29. The van der Waals surface area contributed by atoms with Gasteiger partial charge in [-0.3, -0.25) is 0 Å². The van der Waals surface area contributed by atoms with Gasteiger partial charge >= 0.3 is 0 Å². The summed E-state index contributed by atoms with van der Waals surface area (Å²) in [6.45, 7) is 9.43. The SMILES string of the molecule is Br.CCCCCC(C)C(P)(CCCCC)CCCCC. The minimum atomic E-state index is 0. The minimum absolute atomic E-state index is 0. The molecule has 0 aliphatic heterocycles. The lowest BCUT2D eigenvalue weighted by Gasteiger charge is -2.36. The molecule has 2 atom stereocenters. The highest BCUT2D eigenvalue weighted by molar-refractivity contribution is 8.93. The van der Waals surface area contributed by atoms with Crippen molar-refractivity contribution in [2.75, 3.05) is 0 Å². The molecule has 2 unspecified atom stereocenters. The minimum Gasteiger partial charge on any atom is -0.131 e. The van der Waals surface area contributed by atoms with Gasteiger partial charge in [0.1, 0.15) is 0 Å². The molecular weight excluding hydrogens is 327 g/mol. The van der Waals surface area contributed by atoms with Crippen molar-refractivity contribution >= 4 is 26.2 Å². The Kier molecular flexibility index (Phi) is 17.2. The quantitative estimate of drug-likeness (QED) is 0.233. The number of unbranched alkanes of at least 4 members (excludes halogenated alkanes) is 6. The van der Waals surface area contributed by atoms with Crippen LogP contribution in [-0.4, -0.2) is 5.16 Å². The number of hydrogen-bond donors (Lipinski definition) is 0. The molecule has 0 radical (unpaired) electrons. The van der Waals surface area contributed by atoms with Crippen molar-refractivity contribution in [1.82, 2.24) is 0 Å². The molecule has 0 amide bonds. The fourth-order valence-electron chi connectivity index (χ4n) is 3.01. The zero-order valence-electron chi connectivity index (χ0n) is 14.5. The van der Waals surface area contributed by atoms with Crippen LogP contribution >= 0.6 is 26.2 Å². The lowest BCUT2D eigenvalue weighted by molar-refractivity contribution is 0.314. The first kappa shape index (κ1) is 23.2. The summed E-state index contributed by atoms with van der Waals surface area (Å²) in [4.78, 5) is 0. The van der Waals surface area contributed by atoms with Crippen LogP contribution in [0.2, 0.25) is 0 Å². The average molecular weight is 367 g/mol. The van der Waals surface area contributed by atoms with E-state index in [4.69, 9.17) is 0 Å². The molecule has 0 spiro atoms. The summed E-state index contributed by atoms with van der Waals surface area (Å²) in [7, 11) is 3.28. The third kappa shape index (κ3) is 10.6. The van der Waals surface area contributed by atoms with Gasteiger partial charge in [0.2, 0.25) is 0 Å². The standard InChI is InChI=1S/C18H39P.BrH/c1-5-8-11-14-17(4)18(19,15-12-9-6-2)16-13-10-7-3;/h17H,5-16,19H2,1-4H3;1H. The van der Waals surface area contributed by atoms with E-state index in [1.54, 1.807) is 0 Å². The first-order valence-electron chi connectivity index (χ1n) is 8.89. The van der Waals surface area contributed by atoms with Gasteiger partial charge in [-0.05, 0) is 30.3 Å². The van der Waals surface area contributed by atoms with E-state index in [1.165, 1.54) is 77.0 Å². The van der Waals surface area contributed by atoms with Gasteiger partial charge in [-0.1, -0.05) is 85.5 Å². The number of halogens is 1. The van der Waals surface area contributed by atoms with Gasteiger partial charge < -0.3 is 0 Å². The zero-order valence-corrected chi connectivity index (χ0v) is 17.4. The molecule has 0 aliphatic carbocycles. The van der Waals surface area contributed by atoms with E-state index in [0.717, 1.165) is 5.92 Å².